The van der Waals surface area contributed by atoms with Gasteiger partial charge >= 0.3 is 0 Å². The molecule has 1 aliphatic heterocycles. The molecule has 2 aromatic rings. The smallest absolute Gasteiger partial charge is 0.122 e. The molecule has 1 heterocycles. The number of benzene rings is 2. The Kier molecular flexibility index (Phi) is 3.68. The highest BCUT2D eigenvalue weighted by Gasteiger charge is 2.26. The number of hydrogen-bond acceptors (Lipinski definition) is 3. The minimum Gasteiger partial charge on any atom is -0.493 e. The topological polar surface area (TPSA) is 52.3 Å². The first-order valence-electron chi connectivity index (χ1n) is 6.30. The van der Waals surface area contributed by atoms with Gasteiger partial charge in [-0.2, -0.15) is 0 Å². The molecule has 0 fully saturated rings. The lowest BCUT2D eigenvalue weighted by molar-refractivity contribution is 0.338. The predicted molar refractivity (Wildman–Crippen MR) is 81.8 cm³/mol. The molecule has 0 radical (unpaired) electrons. The Morgan fingerprint density at radius 1 is 1.30 bits per heavy atom. The van der Waals surface area contributed by atoms with E-state index in [-0.39, 0.29) is 5.92 Å². The molecule has 3 rings (SSSR count). The maximum Gasteiger partial charge on any atom is 0.122 e. The second-order valence-corrected chi connectivity index (χ2v) is 6.62. The second-order valence-electron chi connectivity index (χ2n) is 4.75. The number of rotatable bonds is 3. The van der Waals surface area contributed by atoms with Gasteiger partial charge in [0, 0.05) is 22.9 Å². The van der Waals surface area contributed by atoms with E-state index >= 15 is 0 Å². The van der Waals surface area contributed by atoms with Gasteiger partial charge in [0.05, 0.1) is 27.3 Å². The highest BCUT2D eigenvalue weighted by Crippen LogP contribution is 2.35. The predicted octanol–water partition coefficient (Wildman–Crippen LogP) is 3.21. The lowest BCUT2D eigenvalue weighted by atomic mass is 10.0. The van der Waals surface area contributed by atoms with E-state index in [9.17, 15) is 4.21 Å². The SMILES string of the molecule is Nc1ccc(S(=O)CC2COc3ccccc32)c(Cl)c1. The third-order valence-electron chi connectivity index (χ3n) is 3.35. The fourth-order valence-electron chi connectivity index (χ4n) is 2.34. The van der Waals surface area contributed by atoms with Gasteiger partial charge in [0.1, 0.15) is 5.75 Å². The molecule has 0 saturated carbocycles. The summed E-state index contributed by atoms with van der Waals surface area (Å²) in [5.74, 6) is 1.53. The Hall–Kier alpha value is -1.52. The summed E-state index contributed by atoms with van der Waals surface area (Å²) in [6, 6.07) is 13.0. The van der Waals surface area contributed by atoms with Crippen molar-refractivity contribution in [2.75, 3.05) is 18.1 Å². The molecule has 20 heavy (non-hydrogen) atoms. The number of hydrogen-bond donors (Lipinski definition) is 1. The molecule has 0 spiro atoms. The van der Waals surface area contributed by atoms with E-state index in [0.29, 0.717) is 28.0 Å². The summed E-state index contributed by atoms with van der Waals surface area (Å²) in [5, 5.41) is 0.454. The Labute approximate surface area is 125 Å². The van der Waals surface area contributed by atoms with E-state index in [4.69, 9.17) is 22.1 Å². The maximum atomic E-state index is 12.5. The average Bonchev–Trinajstić information content (AvgIpc) is 2.82. The zero-order chi connectivity index (χ0) is 14.1. The summed E-state index contributed by atoms with van der Waals surface area (Å²) < 4.78 is 18.1. The Morgan fingerprint density at radius 2 is 2.10 bits per heavy atom. The average molecular weight is 308 g/mol. The first kappa shape index (κ1) is 13.5. The van der Waals surface area contributed by atoms with Crippen molar-refractivity contribution in [3.63, 3.8) is 0 Å². The van der Waals surface area contributed by atoms with E-state index in [1.54, 1.807) is 18.2 Å². The van der Waals surface area contributed by atoms with Crippen LogP contribution in [0.25, 0.3) is 0 Å². The normalized spacial score (nSPS) is 18.4. The van der Waals surface area contributed by atoms with Gasteiger partial charge < -0.3 is 10.5 Å². The minimum atomic E-state index is -1.17. The monoisotopic (exact) mass is 307 g/mol. The molecule has 5 heteroatoms. The van der Waals surface area contributed by atoms with Gasteiger partial charge in [-0.05, 0) is 24.3 Å². The lowest BCUT2D eigenvalue weighted by Crippen LogP contribution is -2.11. The van der Waals surface area contributed by atoms with Gasteiger partial charge in [0.15, 0.2) is 0 Å². The van der Waals surface area contributed by atoms with E-state index in [1.165, 1.54) is 0 Å². The van der Waals surface area contributed by atoms with Crippen LogP contribution in [0.5, 0.6) is 5.75 Å². The van der Waals surface area contributed by atoms with Crippen molar-refractivity contribution in [1.82, 2.24) is 0 Å². The highest BCUT2D eigenvalue weighted by atomic mass is 35.5. The number of ether oxygens (including phenoxy) is 1. The van der Waals surface area contributed by atoms with Crippen LogP contribution in [0.1, 0.15) is 11.5 Å². The number of fused-ring (bicyclic) bond motifs is 1. The summed E-state index contributed by atoms with van der Waals surface area (Å²) in [5.41, 5.74) is 7.34. The maximum absolute atomic E-state index is 12.5. The van der Waals surface area contributed by atoms with E-state index in [1.807, 2.05) is 24.3 Å². The first-order chi connectivity index (χ1) is 9.65. The zero-order valence-electron chi connectivity index (χ0n) is 10.7. The fraction of sp³-hybridized carbons (Fsp3) is 0.200. The molecule has 2 N–H and O–H groups in total. The molecule has 0 saturated heterocycles. The van der Waals surface area contributed by atoms with Gasteiger partial charge in [0.25, 0.3) is 0 Å². The molecule has 2 aromatic carbocycles. The van der Waals surface area contributed by atoms with Crippen LogP contribution in [0.2, 0.25) is 5.02 Å². The summed E-state index contributed by atoms with van der Waals surface area (Å²) >= 11 is 6.11. The molecule has 1 aliphatic rings. The van der Waals surface area contributed by atoms with Crippen LogP contribution in [-0.2, 0) is 10.8 Å². The van der Waals surface area contributed by atoms with Gasteiger partial charge in [0.2, 0.25) is 0 Å². The van der Waals surface area contributed by atoms with Gasteiger partial charge in [-0.3, -0.25) is 4.21 Å². The Balaban J connectivity index is 1.81. The quantitative estimate of drug-likeness (QED) is 0.886. The molecule has 3 nitrogen and oxygen atoms in total. The number of para-hydroxylation sites is 1. The van der Waals surface area contributed by atoms with Crippen LogP contribution >= 0.6 is 11.6 Å². The third kappa shape index (κ3) is 2.53. The van der Waals surface area contributed by atoms with E-state index in [2.05, 4.69) is 0 Å². The molecule has 104 valence electrons. The largest absolute Gasteiger partial charge is 0.493 e. The van der Waals surface area contributed by atoms with Gasteiger partial charge in [-0.1, -0.05) is 29.8 Å². The fourth-order valence-corrected chi connectivity index (χ4v) is 4.11. The number of nitrogens with two attached hydrogens (primary N) is 1. The van der Waals surface area contributed by atoms with E-state index < -0.39 is 10.8 Å². The van der Waals surface area contributed by atoms with Crippen molar-refractivity contribution in [2.24, 2.45) is 0 Å². The Bertz CT molecular complexity index is 675. The second kappa shape index (κ2) is 5.46. The van der Waals surface area contributed by atoms with E-state index in [0.717, 1.165) is 11.3 Å². The lowest BCUT2D eigenvalue weighted by Gasteiger charge is -2.10. The van der Waals surface area contributed by atoms with Crippen molar-refractivity contribution < 1.29 is 8.95 Å². The highest BCUT2D eigenvalue weighted by molar-refractivity contribution is 7.85. The molecule has 0 amide bonds. The molecule has 0 aliphatic carbocycles. The van der Waals surface area contributed by atoms with Crippen LogP contribution in [-0.4, -0.2) is 16.6 Å². The number of halogens is 1. The summed E-state index contributed by atoms with van der Waals surface area (Å²) in [7, 11) is -1.17. The minimum absolute atomic E-state index is 0.139. The van der Waals surface area contributed by atoms with Crippen LogP contribution in [0.4, 0.5) is 5.69 Å². The molecular weight excluding hydrogens is 294 g/mol. The Morgan fingerprint density at radius 3 is 2.90 bits per heavy atom. The molecule has 0 aromatic heterocycles. The third-order valence-corrected chi connectivity index (χ3v) is 5.33. The molecular formula is C15H14ClNO2S. The summed E-state index contributed by atoms with van der Waals surface area (Å²) in [4.78, 5) is 0.630. The van der Waals surface area contributed by atoms with Crippen LogP contribution in [0.3, 0.4) is 0 Å². The number of nitrogen functional groups attached to an aromatic ring is 1. The van der Waals surface area contributed by atoms with Crippen molar-refractivity contribution in [3.05, 3.63) is 53.1 Å². The molecule has 2 atom stereocenters. The van der Waals surface area contributed by atoms with Crippen LogP contribution in [0.15, 0.2) is 47.4 Å². The summed E-state index contributed by atoms with van der Waals surface area (Å²) in [6.07, 6.45) is 0. The zero-order valence-corrected chi connectivity index (χ0v) is 12.3. The van der Waals surface area contributed by atoms with Gasteiger partial charge in [-0.25, -0.2) is 0 Å². The van der Waals surface area contributed by atoms with Gasteiger partial charge in [-0.15, -0.1) is 0 Å². The van der Waals surface area contributed by atoms with Crippen molar-refractivity contribution in [1.29, 1.82) is 0 Å². The molecule has 0 bridgehead atoms. The molecule has 2 unspecified atom stereocenters. The van der Waals surface area contributed by atoms with Crippen LogP contribution < -0.4 is 10.5 Å². The standard InChI is InChI=1S/C15H14ClNO2S/c16-13-7-11(17)5-6-15(13)20(18)9-10-8-19-14-4-2-1-3-12(10)14/h1-7,10H,8-9,17H2. The van der Waals surface area contributed by atoms with Crippen molar-refractivity contribution >= 4 is 28.1 Å². The van der Waals surface area contributed by atoms with Crippen molar-refractivity contribution in [3.8, 4) is 5.75 Å². The van der Waals surface area contributed by atoms with Crippen molar-refractivity contribution in [2.45, 2.75) is 10.8 Å². The first-order valence-corrected chi connectivity index (χ1v) is 8.00. The van der Waals surface area contributed by atoms with Crippen LogP contribution in [0, 0.1) is 0 Å². The number of anilines is 1. The summed E-state index contributed by atoms with van der Waals surface area (Å²) in [6.45, 7) is 0.567.